The van der Waals surface area contributed by atoms with Crippen LogP contribution in [0.5, 0.6) is 0 Å². The van der Waals surface area contributed by atoms with Crippen LogP contribution in [0.3, 0.4) is 0 Å². The van der Waals surface area contributed by atoms with E-state index in [2.05, 4.69) is 11.8 Å². The first-order chi connectivity index (χ1) is 8.31. The number of nitrogens with zero attached hydrogens (tertiary/aromatic N) is 1. The average Bonchev–Trinajstić information content (AvgIpc) is 2.38. The standard InChI is InChI=1S/C15H30N2/c1-2-12-17(14-6-4-3-5-7-14)15-10-8-13(16)9-11-15/h13-15H,2-12,16H2,1H3. The highest BCUT2D eigenvalue weighted by molar-refractivity contribution is 4.86. The highest BCUT2D eigenvalue weighted by Crippen LogP contribution is 2.29. The average molecular weight is 238 g/mol. The van der Waals surface area contributed by atoms with E-state index < -0.39 is 0 Å². The Labute approximate surface area is 107 Å². The van der Waals surface area contributed by atoms with Gasteiger partial charge in [0.1, 0.15) is 0 Å². The lowest BCUT2D eigenvalue weighted by molar-refractivity contribution is 0.0777. The van der Waals surface area contributed by atoms with Crippen molar-refractivity contribution in [2.24, 2.45) is 5.73 Å². The molecule has 0 spiro atoms. The Balaban J connectivity index is 1.90. The molecule has 0 unspecified atom stereocenters. The zero-order valence-corrected chi connectivity index (χ0v) is 11.5. The molecule has 2 saturated carbocycles. The maximum atomic E-state index is 6.03. The summed E-state index contributed by atoms with van der Waals surface area (Å²) in [7, 11) is 0. The van der Waals surface area contributed by atoms with Gasteiger partial charge in [-0.2, -0.15) is 0 Å². The van der Waals surface area contributed by atoms with Gasteiger partial charge in [-0.05, 0) is 51.5 Å². The van der Waals surface area contributed by atoms with E-state index in [4.69, 9.17) is 5.73 Å². The fourth-order valence-electron chi connectivity index (χ4n) is 3.77. The van der Waals surface area contributed by atoms with Crippen LogP contribution in [0.4, 0.5) is 0 Å². The summed E-state index contributed by atoms with van der Waals surface area (Å²) >= 11 is 0. The highest BCUT2D eigenvalue weighted by atomic mass is 15.2. The van der Waals surface area contributed by atoms with Crippen molar-refractivity contribution in [1.29, 1.82) is 0 Å². The normalized spacial score (nSPS) is 31.9. The lowest BCUT2D eigenvalue weighted by atomic mass is 9.87. The third-order valence-electron chi connectivity index (χ3n) is 4.74. The quantitative estimate of drug-likeness (QED) is 0.814. The van der Waals surface area contributed by atoms with Crippen molar-refractivity contribution in [3.63, 3.8) is 0 Å². The van der Waals surface area contributed by atoms with E-state index in [9.17, 15) is 0 Å². The van der Waals surface area contributed by atoms with Gasteiger partial charge in [0.15, 0.2) is 0 Å². The second kappa shape index (κ2) is 6.75. The summed E-state index contributed by atoms with van der Waals surface area (Å²) in [6.45, 7) is 3.63. The van der Waals surface area contributed by atoms with E-state index in [1.54, 1.807) is 0 Å². The zero-order chi connectivity index (χ0) is 12.1. The molecule has 0 aromatic carbocycles. The van der Waals surface area contributed by atoms with Gasteiger partial charge >= 0.3 is 0 Å². The van der Waals surface area contributed by atoms with Gasteiger partial charge in [-0.15, -0.1) is 0 Å². The predicted molar refractivity (Wildman–Crippen MR) is 74.1 cm³/mol. The van der Waals surface area contributed by atoms with Gasteiger partial charge in [0, 0.05) is 18.1 Å². The molecule has 17 heavy (non-hydrogen) atoms. The summed E-state index contributed by atoms with van der Waals surface area (Å²) in [6.07, 6.45) is 13.8. The number of hydrogen-bond acceptors (Lipinski definition) is 2. The van der Waals surface area contributed by atoms with Gasteiger partial charge in [-0.25, -0.2) is 0 Å². The van der Waals surface area contributed by atoms with Crippen molar-refractivity contribution in [1.82, 2.24) is 4.90 Å². The van der Waals surface area contributed by atoms with Crippen LogP contribution in [-0.2, 0) is 0 Å². The molecular formula is C15H30N2. The summed E-state index contributed by atoms with van der Waals surface area (Å²) in [5, 5.41) is 0. The molecule has 0 aliphatic heterocycles. The van der Waals surface area contributed by atoms with Crippen LogP contribution in [0.2, 0.25) is 0 Å². The van der Waals surface area contributed by atoms with Crippen molar-refractivity contribution in [2.45, 2.75) is 89.3 Å². The monoisotopic (exact) mass is 238 g/mol. The molecule has 0 bridgehead atoms. The van der Waals surface area contributed by atoms with Crippen molar-refractivity contribution in [2.75, 3.05) is 6.54 Å². The Morgan fingerprint density at radius 2 is 1.47 bits per heavy atom. The molecule has 2 heteroatoms. The van der Waals surface area contributed by atoms with Gasteiger partial charge in [0.2, 0.25) is 0 Å². The van der Waals surface area contributed by atoms with Crippen LogP contribution in [-0.4, -0.2) is 29.6 Å². The molecule has 0 atom stereocenters. The van der Waals surface area contributed by atoms with E-state index >= 15 is 0 Å². The molecule has 0 heterocycles. The van der Waals surface area contributed by atoms with Crippen molar-refractivity contribution in [3.05, 3.63) is 0 Å². The summed E-state index contributed by atoms with van der Waals surface area (Å²) in [5.74, 6) is 0. The minimum absolute atomic E-state index is 0.487. The summed E-state index contributed by atoms with van der Waals surface area (Å²) < 4.78 is 0. The van der Waals surface area contributed by atoms with Crippen LogP contribution in [0.1, 0.15) is 71.1 Å². The van der Waals surface area contributed by atoms with Crippen molar-refractivity contribution in [3.8, 4) is 0 Å². The molecule has 2 aliphatic carbocycles. The maximum Gasteiger partial charge on any atom is 0.00993 e. The summed E-state index contributed by atoms with van der Waals surface area (Å²) in [4.78, 5) is 2.85. The van der Waals surface area contributed by atoms with Crippen molar-refractivity contribution < 1.29 is 0 Å². The predicted octanol–water partition coefficient (Wildman–Crippen LogP) is 3.30. The van der Waals surface area contributed by atoms with Gasteiger partial charge in [-0.1, -0.05) is 26.2 Å². The minimum Gasteiger partial charge on any atom is -0.328 e. The smallest absolute Gasteiger partial charge is 0.00993 e. The van der Waals surface area contributed by atoms with E-state index in [1.165, 1.54) is 70.8 Å². The summed E-state index contributed by atoms with van der Waals surface area (Å²) in [6, 6.07) is 2.22. The van der Waals surface area contributed by atoms with Crippen LogP contribution >= 0.6 is 0 Å². The van der Waals surface area contributed by atoms with Crippen LogP contribution in [0.25, 0.3) is 0 Å². The van der Waals surface area contributed by atoms with E-state index in [0.717, 1.165) is 12.1 Å². The Hall–Kier alpha value is -0.0800. The Bertz CT molecular complexity index is 203. The van der Waals surface area contributed by atoms with E-state index in [0.29, 0.717) is 6.04 Å². The molecule has 2 fully saturated rings. The van der Waals surface area contributed by atoms with E-state index in [-0.39, 0.29) is 0 Å². The molecular weight excluding hydrogens is 208 g/mol. The minimum atomic E-state index is 0.487. The second-order valence-electron chi connectivity index (χ2n) is 6.10. The summed E-state index contributed by atoms with van der Waals surface area (Å²) in [5.41, 5.74) is 6.03. The maximum absolute atomic E-state index is 6.03. The highest BCUT2D eigenvalue weighted by Gasteiger charge is 2.29. The van der Waals surface area contributed by atoms with Gasteiger partial charge in [-0.3, -0.25) is 4.90 Å². The Morgan fingerprint density at radius 3 is 2.06 bits per heavy atom. The SMILES string of the molecule is CCCN(C1CCCCC1)C1CCC(N)CC1. The van der Waals surface area contributed by atoms with Gasteiger partial charge in [0.05, 0.1) is 0 Å². The molecule has 2 rings (SSSR count). The fraction of sp³-hybridized carbons (Fsp3) is 1.00. The largest absolute Gasteiger partial charge is 0.328 e. The number of hydrogen-bond donors (Lipinski definition) is 1. The zero-order valence-electron chi connectivity index (χ0n) is 11.5. The lowest BCUT2D eigenvalue weighted by Gasteiger charge is -2.42. The molecule has 0 amide bonds. The molecule has 0 saturated heterocycles. The third-order valence-corrected chi connectivity index (χ3v) is 4.74. The molecule has 2 N–H and O–H groups in total. The first-order valence-electron chi connectivity index (χ1n) is 7.82. The number of nitrogens with two attached hydrogens (primary N) is 1. The van der Waals surface area contributed by atoms with Crippen LogP contribution in [0, 0.1) is 0 Å². The lowest BCUT2D eigenvalue weighted by Crippen LogP contribution is -2.47. The fourth-order valence-corrected chi connectivity index (χ4v) is 3.77. The molecule has 2 nitrogen and oxygen atoms in total. The Kier molecular flexibility index (Phi) is 5.30. The van der Waals surface area contributed by atoms with Gasteiger partial charge in [0.25, 0.3) is 0 Å². The second-order valence-corrected chi connectivity index (χ2v) is 6.10. The van der Waals surface area contributed by atoms with Gasteiger partial charge < -0.3 is 5.73 Å². The van der Waals surface area contributed by atoms with Crippen molar-refractivity contribution >= 4 is 0 Å². The molecule has 0 radical (unpaired) electrons. The molecule has 0 aromatic rings. The molecule has 100 valence electrons. The van der Waals surface area contributed by atoms with Crippen LogP contribution < -0.4 is 5.73 Å². The Morgan fingerprint density at radius 1 is 0.882 bits per heavy atom. The topological polar surface area (TPSA) is 29.3 Å². The number of rotatable bonds is 4. The van der Waals surface area contributed by atoms with E-state index in [1.807, 2.05) is 0 Å². The first kappa shape index (κ1) is 13.4. The molecule has 0 aromatic heterocycles. The van der Waals surface area contributed by atoms with Crippen LogP contribution in [0.15, 0.2) is 0 Å². The first-order valence-corrected chi connectivity index (χ1v) is 7.82. The third kappa shape index (κ3) is 3.69. The molecule has 2 aliphatic rings.